The van der Waals surface area contributed by atoms with E-state index in [1.54, 1.807) is 0 Å². The third kappa shape index (κ3) is 4.30. The molecular formula is C42H32N2. The maximum absolute atomic E-state index is 5.13. The molecule has 1 aromatic heterocycles. The molecule has 0 fully saturated rings. The molecule has 0 unspecified atom stereocenters. The van der Waals surface area contributed by atoms with Crippen LogP contribution in [0.15, 0.2) is 158 Å². The van der Waals surface area contributed by atoms with Gasteiger partial charge in [0, 0.05) is 39.0 Å². The van der Waals surface area contributed by atoms with E-state index in [9.17, 15) is 0 Å². The van der Waals surface area contributed by atoms with Crippen molar-refractivity contribution in [3.8, 4) is 33.5 Å². The molecule has 1 aliphatic carbocycles. The van der Waals surface area contributed by atoms with Gasteiger partial charge in [-0.1, -0.05) is 123 Å². The lowest BCUT2D eigenvalue weighted by molar-refractivity contribution is 0.660. The molecule has 0 amide bonds. The number of anilines is 3. The monoisotopic (exact) mass is 564 g/mol. The molecule has 0 spiro atoms. The Morgan fingerprint density at radius 3 is 1.86 bits per heavy atom. The van der Waals surface area contributed by atoms with Crippen molar-refractivity contribution in [1.29, 1.82) is 0 Å². The molecular weight excluding hydrogens is 532 g/mol. The Hall–Kier alpha value is -5.47. The first kappa shape index (κ1) is 26.2. The number of para-hydroxylation sites is 2. The molecule has 0 aliphatic heterocycles. The van der Waals surface area contributed by atoms with E-state index in [2.05, 4.69) is 176 Å². The van der Waals surface area contributed by atoms with Gasteiger partial charge in [0.2, 0.25) is 0 Å². The second-order valence-electron chi connectivity index (χ2n) is 12.1. The summed E-state index contributed by atoms with van der Waals surface area (Å²) in [5, 5.41) is 1.14. The van der Waals surface area contributed by atoms with E-state index < -0.39 is 0 Å². The quantitative estimate of drug-likeness (QED) is 0.207. The van der Waals surface area contributed by atoms with E-state index in [0.29, 0.717) is 0 Å². The van der Waals surface area contributed by atoms with Gasteiger partial charge in [0.1, 0.15) is 0 Å². The van der Waals surface area contributed by atoms with Gasteiger partial charge in [-0.2, -0.15) is 0 Å². The summed E-state index contributed by atoms with van der Waals surface area (Å²) >= 11 is 0. The Morgan fingerprint density at radius 2 is 1.07 bits per heavy atom. The van der Waals surface area contributed by atoms with Crippen LogP contribution < -0.4 is 4.90 Å². The van der Waals surface area contributed by atoms with Crippen molar-refractivity contribution in [3.63, 3.8) is 0 Å². The minimum atomic E-state index is -0.0644. The van der Waals surface area contributed by atoms with Crippen LogP contribution in [0.3, 0.4) is 0 Å². The first-order valence-electron chi connectivity index (χ1n) is 15.2. The van der Waals surface area contributed by atoms with Crippen molar-refractivity contribution in [2.45, 2.75) is 19.3 Å². The molecule has 6 aromatic carbocycles. The number of hydrogen-bond donors (Lipinski definition) is 0. The summed E-state index contributed by atoms with van der Waals surface area (Å²) in [5.41, 5.74) is 14.1. The van der Waals surface area contributed by atoms with Crippen molar-refractivity contribution < 1.29 is 0 Å². The maximum atomic E-state index is 5.13. The van der Waals surface area contributed by atoms with Gasteiger partial charge in [-0.05, 0) is 76.3 Å². The van der Waals surface area contributed by atoms with Crippen LogP contribution in [0.25, 0.3) is 44.4 Å². The normalized spacial score (nSPS) is 13.0. The van der Waals surface area contributed by atoms with Crippen LogP contribution in [0.5, 0.6) is 0 Å². The molecule has 1 heterocycles. The molecule has 44 heavy (non-hydrogen) atoms. The van der Waals surface area contributed by atoms with Crippen LogP contribution in [0.2, 0.25) is 0 Å². The van der Waals surface area contributed by atoms with Gasteiger partial charge in [0.05, 0.1) is 11.2 Å². The highest BCUT2D eigenvalue weighted by Crippen LogP contribution is 2.50. The molecule has 0 saturated heterocycles. The second-order valence-corrected chi connectivity index (χ2v) is 12.1. The lowest BCUT2D eigenvalue weighted by Crippen LogP contribution is -2.16. The van der Waals surface area contributed by atoms with Crippen molar-refractivity contribution in [1.82, 2.24) is 4.98 Å². The van der Waals surface area contributed by atoms with E-state index in [4.69, 9.17) is 4.98 Å². The molecule has 7 aromatic rings. The highest BCUT2D eigenvalue weighted by molar-refractivity contribution is 5.92. The highest BCUT2D eigenvalue weighted by Gasteiger charge is 2.35. The molecule has 2 nitrogen and oxygen atoms in total. The first-order valence-corrected chi connectivity index (χ1v) is 15.2. The average Bonchev–Trinajstić information content (AvgIpc) is 3.31. The van der Waals surface area contributed by atoms with E-state index >= 15 is 0 Å². The van der Waals surface area contributed by atoms with E-state index in [-0.39, 0.29) is 5.41 Å². The summed E-state index contributed by atoms with van der Waals surface area (Å²) in [6.45, 7) is 4.68. The number of benzene rings is 6. The van der Waals surface area contributed by atoms with Crippen LogP contribution in [0.4, 0.5) is 17.1 Å². The van der Waals surface area contributed by atoms with Crippen LogP contribution in [0, 0.1) is 0 Å². The lowest BCUT2D eigenvalue weighted by Gasteiger charge is -2.28. The smallest absolute Gasteiger partial charge is 0.0788 e. The molecule has 0 atom stereocenters. The second kappa shape index (κ2) is 10.4. The zero-order chi connectivity index (χ0) is 29.7. The van der Waals surface area contributed by atoms with Crippen LogP contribution in [-0.2, 0) is 5.41 Å². The minimum absolute atomic E-state index is 0.0644. The molecule has 0 radical (unpaired) electrons. The SMILES string of the molecule is CC1(C)c2ccccc2-c2ccc(N(c3ccccc3)c3ccc(-c4cc5ccccc5nc4-c4ccccc4)cc3)cc21. The number of aromatic nitrogens is 1. The van der Waals surface area contributed by atoms with Crippen LogP contribution in [0.1, 0.15) is 25.0 Å². The summed E-state index contributed by atoms with van der Waals surface area (Å²) in [6, 6.07) is 56.5. The molecule has 0 saturated carbocycles. The standard InChI is InChI=1S/C42H32N2/c1-42(2)38-19-11-10-18-35(38)36-26-25-34(28-39(36)42)44(32-16-7-4-8-17-32)33-23-21-29(22-24-33)37-27-31-15-9-12-20-40(31)43-41(37)30-13-5-3-6-14-30/h3-28H,1-2H3. The predicted octanol–water partition coefficient (Wildman–Crippen LogP) is 11.3. The fourth-order valence-electron chi connectivity index (χ4n) is 6.80. The average molecular weight is 565 g/mol. The summed E-state index contributed by atoms with van der Waals surface area (Å²) in [4.78, 5) is 7.49. The van der Waals surface area contributed by atoms with Crippen molar-refractivity contribution in [2.24, 2.45) is 0 Å². The molecule has 0 N–H and O–H groups in total. The summed E-state index contributed by atoms with van der Waals surface area (Å²) in [6.07, 6.45) is 0. The summed E-state index contributed by atoms with van der Waals surface area (Å²) in [5.74, 6) is 0. The molecule has 2 heteroatoms. The van der Waals surface area contributed by atoms with Gasteiger partial charge in [0.15, 0.2) is 0 Å². The van der Waals surface area contributed by atoms with Crippen LogP contribution in [-0.4, -0.2) is 4.98 Å². The largest absolute Gasteiger partial charge is 0.310 e. The van der Waals surface area contributed by atoms with E-state index in [1.807, 2.05) is 0 Å². The Bertz CT molecular complexity index is 2130. The van der Waals surface area contributed by atoms with Gasteiger partial charge in [-0.25, -0.2) is 4.98 Å². The number of hydrogen-bond acceptors (Lipinski definition) is 2. The number of rotatable bonds is 5. The predicted molar refractivity (Wildman–Crippen MR) is 185 cm³/mol. The number of fused-ring (bicyclic) bond motifs is 4. The van der Waals surface area contributed by atoms with Crippen molar-refractivity contribution in [3.05, 3.63) is 169 Å². The topological polar surface area (TPSA) is 16.1 Å². The summed E-state index contributed by atoms with van der Waals surface area (Å²) in [7, 11) is 0. The van der Waals surface area contributed by atoms with Gasteiger partial charge in [-0.15, -0.1) is 0 Å². The van der Waals surface area contributed by atoms with Crippen molar-refractivity contribution >= 4 is 28.0 Å². The Morgan fingerprint density at radius 1 is 0.455 bits per heavy atom. The van der Waals surface area contributed by atoms with E-state index in [1.165, 1.54) is 22.3 Å². The molecule has 0 bridgehead atoms. The van der Waals surface area contributed by atoms with Gasteiger partial charge in [-0.3, -0.25) is 0 Å². The fourth-order valence-corrected chi connectivity index (χ4v) is 6.80. The number of pyridine rings is 1. The molecule has 1 aliphatic rings. The zero-order valence-corrected chi connectivity index (χ0v) is 24.9. The highest BCUT2D eigenvalue weighted by atomic mass is 15.1. The lowest BCUT2D eigenvalue weighted by atomic mass is 9.82. The van der Waals surface area contributed by atoms with E-state index in [0.717, 1.165) is 50.3 Å². The Kier molecular flexibility index (Phi) is 6.16. The van der Waals surface area contributed by atoms with Crippen LogP contribution >= 0.6 is 0 Å². The number of nitrogens with zero attached hydrogens (tertiary/aromatic N) is 2. The van der Waals surface area contributed by atoms with Crippen molar-refractivity contribution in [2.75, 3.05) is 4.90 Å². The maximum Gasteiger partial charge on any atom is 0.0788 e. The van der Waals surface area contributed by atoms with Gasteiger partial charge >= 0.3 is 0 Å². The van der Waals surface area contributed by atoms with Gasteiger partial charge < -0.3 is 4.90 Å². The zero-order valence-electron chi connectivity index (χ0n) is 24.9. The third-order valence-electron chi connectivity index (χ3n) is 9.05. The third-order valence-corrected chi connectivity index (χ3v) is 9.05. The first-order chi connectivity index (χ1) is 21.6. The molecule has 210 valence electrons. The van der Waals surface area contributed by atoms with Gasteiger partial charge in [0.25, 0.3) is 0 Å². The minimum Gasteiger partial charge on any atom is -0.310 e. The Balaban J connectivity index is 1.25. The fraction of sp³-hybridized carbons (Fsp3) is 0.0714. The summed E-state index contributed by atoms with van der Waals surface area (Å²) < 4.78 is 0. The molecule has 8 rings (SSSR count). The Labute approximate surface area is 258 Å².